The van der Waals surface area contributed by atoms with Gasteiger partial charge in [-0.1, -0.05) is 11.6 Å². The molecule has 0 radical (unpaired) electrons. The molecule has 0 saturated carbocycles. The number of hydrogen-bond donors (Lipinski definition) is 3. The van der Waals surface area contributed by atoms with Crippen LogP contribution >= 0.6 is 11.6 Å². The summed E-state index contributed by atoms with van der Waals surface area (Å²) in [6, 6.07) is 1.30. The van der Waals surface area contributed by atoms with E-state index in [0.29, 0.717) is 5.82 Å². The molecule has 0 aliphatic heterocycles. The molecule has 0 aromatic carbocycles. The van der Waals surface area contributed by atoms with Gasteiger partial charge in [-0.15, -0.1) is 0 Å². The number of aromatic nitrogens is 1. The minimum absolute atomic E-state index is 0.105. The normalized spacial score (nSPS) is 9.57. The van der Waals surface area contributed by atoms with Crippen molar-refractivity contribution < 1.29 is 4.79 Å². The molecule has 0 spiro atoms. The molecule has 1 aromatic rings. The van der Waals surface area contributed by atoms with E-state index in [2.05, 4.69) is 15.6 Å². The standard InChI is InChI=1S/C8H10ClN3O2/c1-10-8(14)4-12-7-2-6(13)5(9)3-11-7/h2-3H,4H2,1H3,(H,10,14)(H2,11,12,13). The Bertz CT molecular complexity index is 388. The van der Waals surface area contributed by atoms with Crippen molar-refractivity contribution in [2.75, 3.05) is 18.9 Å². The average Bonchev–Trinajstić information content (AvgIpc) is 2.19. The highest BCUT2D eigenvalue weighted by atomic mass is 35.5. The van der Waals surface area contributed by atoms with E-state index >= 15 is 0 Å². The van der Waals surface area contributed by atoms with Gasteiger partial charge in [-0.05, 0) is 0 Å². The van der Waals surface area contributed by atoms with Crippen molar-refractivity contribution in [1.82, 2.24) is 10.3 Å². The van der Waals surface area contributed by atoms with Crippen molar-refractivity contribution in [2.45, 2.75) is 0 Å². The summed E-state index contributed by atoms with van der Waals surface area (Å²) < 4.78 is 0. The predicted octanol–water partition coefficient (Wildman–Crippen LogP) is 0.186. The lowest BCUT2D eigenvalue weighted by Crippen LogP contribution is -2.26. The second-order valence-corrected chi connectivity index (χ2v) is 2.99. The molecular weight excluding hydrogens is 206 g/mol. The van der Waals surface area contributed by atoms with Crippen LogP contribution in [-0.4, -0.2) is 24.5 Å². The molecule has 1 heterocycles. The number of carbonyl (C=O) groups excluding carboxylic acids is 1. The van der Waals surface area contributed by atoms with Crippen molar-refractivity contribution in [1.29, 1.82) is 0 Å². The molecule has 1 aromatic heterocycles. The van der Waals surface area contributed by atoms with E-state index in [4.69, 9.17) is 11.6 Å². The number of H-pyrrole nitrogens is 1. The number of amides is 1. The van der Waals surface area contributed by atoms with Crippen molar-refractivity contribution in [3.05, 3.63) is 27.5 Å². The molecular formula is C8H10ClN3O2. The smallest absolute Gasteiger partial charge is 0.239 e. The molecule has 3 N–H and O–H groups in total. The van der Waals surface area contributed by atoms with Gasteiger partial charge in [0.1, 0.15) is 10.8 Å². The number of likely N-dealkylation sites (N-methyl/N-ethyl adjacent to an activating group) is 1. The summed E-state index contributed by atoms with van der Waals surface area (Å²) in [4.78, 5) is 24.6. The fourth-order valence-corrected chi connectivity index (χ4v) is 0.929. The summed E-state index contributed by atoms with van der Waals surface area (Å²) in [5, 5.41) is 5.30. The number of pyridine rings is 1. The molecule has 1 rings (SSSR count). The van der Waals surface area contributed by atoms with Gasteiger partial charge in [0, 0.05) is 19.3 Å². The van der Waals surface area contributed by atoms with Crippen LogP contribution in [0.5, 0.6) is 0 Å². The maximum Gasteiger partial charge on any atom is 0.239 e. The van der Waals surface area contributed by atoms with Gasteiger partial charge in [0.15, 0.2) is 0 Å². The number of hydrogen-bond acceptors (Lipinski definition) is 3. The van der Waals surface area contributed by atoms with Gasteiger partial charge in [-0.25, -0.2) is 0 Å². The van der Waals surface area contributed by atoms with E-state index < -0.39 is 0 Å². The van der Waals surface area contributed by atoms with Gasteiger partial charge in [-0.2, -0.15) is 0 Å². The number of halogens is 1. The molecule has 0 unspecified atom stereocenters. The fourth-order valence-electron chi connectivity index (χ4n) is 0.820. The van der Waals surface area contributed by atoms with Crippen LogP contribution in [0.15, 0.2) is 17.1 Å². The van der Waals surface area contributed by atoms with Crippen LogP contribution in [0.25, 0.3) is 0 Å². The van der Waals surface area contributed by atoms with Crippen molar-refractivity contribution in [3.8, 4) is 0 Å². The van der Waals surface area contributed by atoms with E-state index in [9.17, 15) is 9.59 Å². The lowest BCUT2D eigenvalue weighted by atomic mass is 10.4. The van der Waals surface area contributed by atoms with Crippen LogP contribution in [0, 0.1) is 0 Å². The maximum atomic E-state index is 11.1. The molecule has 0 fully saturated rings. The van der Waals surface area contributed by atoms with E-state index in [1.807, 2.05) is 0 Å². The number of aromatic amines is 1. The Morgan fingerprint density at radius 2 is 2.36 bits per heavy atom. The van der Waals surface area contributed by atoms with E-state index in [1.54, 1.807) is 0 Å². The second kappa shape index (κ2) is 4.66. The molecule has 0 saturated heterocycles. The van der Waals surface area contributed by atoms with Crippen molar-refractivity contribution in [3.63, 3.8) is 0 Å². The third-order valence-corrected chi connectivity index (χ3v) is 1.88. The van der Waals surface area contributed by atoms with Gasteiger partial charge in [0.2, 0.25) is 11.3 Å². The zero-order valence-electron chi connectivity index (χ0n) is 7.56. The third kappa shape index (κ3) is 2.77. The highest BCUT2D eigenvalue weighted by Crippen LogP contribution is 2.02. The summed E-state index contributed by atoms with van der Waals surface area (Å²) in [6.07, 6.45) is 1.37. The summed E-state index contributed by atoms with van der Waals surface area (Å²) in [5.41, 5.74) is -0.287. The van der Waals surface area contributed by atoms with Crippen molar-refractivity contribution >= 4 is 23.3 Å². The summed E-state index contributed by atoms with van der Waals surface area (Å²) in [7, 11) is 1.54. The van der Waals surface area contributed by atoms with Crippen LogP contribution in [0.3, 0.4) is 0 Å². The van der Waals surface area contributed by atoms with E-state index in [0.717, 1.165) is 0 Å². The molecule has 0 aliphatic carbocycles. The average molecular weight is 216 g/mol. The van der Waals surface area contributed by atoms with Crippen LogP contribution in [0.1, 0.15) is 0 Å². The SMILES string of the molecule is CNC(=O)CNc1cc(=O)c(Cl)c[nH]1. The minimum atomic E-state index is -0.287. The molecule has 0 bridgehead atoms. The molecule has 14 heavy (non-hydrogen) atoms. The minimum Gasteiger partial charge on any atom is -0.362 e. The Labute approximate surface area is 85.5 Å². The Balaban J connectivity index is 2.65. The third-order valence-electron chi connectivity index (χ3n) is 1.58. The highest BCUT2D eigenvalue weighted by molar-refractivity contribution is 6.30. The lowest BCUT2D eigenvalue weighted by Gasteiger charge is -2.04. The lowest BCUT2D eigenvalue weighted by molar-refractivity contribution is -0.118. The van der Waals surface area contributed by atoms with Gasteiger partial charge in [0.05, 0.1) is 6.54 Å². The van der Waals surface area contributed by atoms with Crippen LogP contribution in [-0.2, 0) is 4.79 Å². The van der Waals surface area contributed by atoms with E-state index in [-0.39, 0.29) is 22.9 Å². The Morgan fingerprint density at radius 1 is 1.64 bits per heavy atom. The summed E-state index contributed by atoms with van der Waals surface area (Å²) in [6.45, 7) is 0.105. The highest BCUT2D eigenvalue weighted by Gasteiger charge is 2.00. The first-order valence-electron chi connectivity index (χ1n) is 3.96. The van der Waals surface area contributed by atoms with Crippen molar-refractivity contribution in [2.24, 2.45) is 0 Å². The monoisotopic (exact) mass is 215 g/mol. The Morgan fingerprint density at radius 3 is 2.93 bits per heavy atom. The van der Waals surface area contributed by atoms with Gasteiger partial charge in [-0.3, -0.25) is 9.59 Å². The maximum absolute atomic E-state index is 11.1. The first-order chi connectivity index (χ1) is 6.63. The molecule has 1 amide bonds. The number of carbonyl (C=O) groups is 1. The first kappa shape index (κ1) is 10.6. The van der Waals surface area contributed by atoms with Gasteiger partial charge < -0.3 is 15.6 Å². The number of nitrogens with one attached hydrogen (secondary N) is 3. The molecule has 5 nitrogen and oxygen atoms in total. The Hall–Kier alpha value is -1.49. The quantitative estimate of drug-likeness (QED) is 0.674. The largest absolute Gasteiger partial charge is 0.362 e. The van der Waals surface area contributed by atoms with Gasteiger partial charge in [0.25, 0.3) is 0 Å². The van der Waals surface area contributed by atoms with Crippen LogP contribution < -0.4 is 16.1 Å². The second-order valence-electron chi connectivity index (χ2n) is 2.59. The van der Waals surface area contributed by atoms with Gasteiger partial charge >= 0.3 is 0 Å². The van der Waals surface area contributed by atoms with Crippen LogP contribution in [0.2, 0.25) is 5.02 Å². The topological polar surface area (TPSA) is 74.0 Å². The Kier molecular flexibility index (Phi) is 3.53. The number of anilines is 1. The molecule has 76 valence electrons. The van der Waals surface area contributed by atoms with E-state index in [1.165, 1.54) is 19.3 Å². The summed E-state index contributed by atoms with van der Waals surface area (Å²) in [5.74, 6) is 0.295. The molecule has 0 aliphatic rings. The number of rotatable bonds is 3. The fraction of sp³-hybridized carbons (Fsp3) is 0.250. The molecule has 0 atom stereocenters. The summed E-state index contributed by atoms with van der Waals surface area (Å²) >= 11 is 5.52. The zero-order valence-corrected chi connectivity index (χ0v) is 8.31. The van der Waals surface area contributed by atoms with Crippen LogP contribution in [0.4, 0.5) is 5.82 Å². The predicted molar refractivity (Wildman–Crippen MR) is 54.6 cm³/mol. The molecule has 6 heteroatoms. The first-order valence-corrected chi connectivity index (χ1v) is 4.34. The zero-order chi connectivity index (χ0) is 10.6.